The number of carbonyl (C=O) groups excluding carboxylic acids is 1. The van der Waals surface area contributed by atoms with Crippen molar-refractivity contribution in [3.05, 3.63) is 87.6 Å². The molecule has 1 aromatic heterocycles. The molecule has 0 fully saturated rings. The van der Waals surface area contributed by atoms with Crippen LogP contribution in [0.25, 0.3) is 21.3 Å². The number of fused-ring (bicyclic) bond motifs is 1. The SMILES string of the molecule is CCCn1c(=NC(=O)c2ccc(-c3ccccc3)cc2)sc2cc(Br)ccc21. The number of hydrogen-bond donors (Lipinski definition) is 0. The maximum atomic E-state index is 12.8. The Bertz CT molecular complexity index is 1190. The van der Waals surface area contributed by atoms with Gasteiger partial charge in [-0.2, -0.15) is 4.99 Å². The Kier molecular flexibility index (Phi) is 5.55. The third kappa shape index (κ3) is 3.86. The van der Waals surface area contributed by atoms with Crippen molar-refractivity contribution in [3.8, 4) is 11.1 Å². The van der Waals surface area contributed by atoms with Crippen LogP contribution in [0.15, 0.2) is 82.3 Å². The highest BCUT2D eigenvalue weighted by Gasteiger charge is 2.10. The molecule has 1 amide bonds. The van der Waals surface area contributed by atoms with Crippen LogP contribution in [0.1, 0.15) is 23.7 Å². The Morgan fingerprint density at radius 2 is 1.71 bits per heavy atom. The van der Waals surface area contributed by atoms with Gasteiger partial charge in [-0.3, -0.25) is 4.79 Å². The van der Waals surface area contributed by atoms with Crippen molar-refractivity contribution in [1.82, 2.24) is 4.57 Å². The quantitative estimate of drug-likeness (QED) is 0.359. The van der Waals surface area contributed by atoms with E-state index in [0.717, 1.165) is 43.6 Å². The van der Waals surface area contributed by atoms with Crippen molar-refractivity contribution in [2.24, 2.45) is 4.99 Å². The van der Waals surface area contributed by atoms with E-state index in [1.807, 2.05) is 48.5 Å². The Morgan fingerprint density at radius 3 is 2.43 bits per heavy atom. The molecule has 0 aliphatic carbocycles. The fourth-order valence-electron chi connectivity index (χ4n) is 3.16. The van der Waals surface area contributed by atoms with Crippen molar-refractivity contribution in [3.63, 3.8) is 0 Å². The van der Waals surface area contributed by atoms with Gasteiger partial charge >= 0.3 is 0 Å². The van der Waals surface area contributed by atoms with E-state index in [9.17, 15) is 4.79 Å². The van der Waals surface area contributed by atoms with E-state index in [2.05, 4.69) is 56.7 Å². The summed E-state index contributed by atoms with van der Waals surface area (Å²) < 4.78 is 4.27. The lowest BCUT2D eigenvalue weighted by Gasteiger charge is -2.03. The molecule has 3 nitrogen and oxygen atoms in total. The van der Waals surface area contributed by atoms with Gasteiger partial charge < -0.3 is 4.57 Å². The van der Waals surface area contributed by atoms with E-state index in [-0.39, 0.29) is 5.91 Å². The Hall–Kier alpha value is -2.50. The molecule has 4 rings (SSSR count). The van der Waals surface area contributed by atoms with Gasteiger partial charge in [0.25, 0.3) is 5.91 Å². The number of thiazole rings is 1. The second-order valence-corrected chi connectivity index (χ2v) is 8.43. The van der Waals surface area contributed by atoms with Crippen LogP contribution in [0.2, 0.25) is 0 Å². The van der Waals surface area contributed by atoms with Crippen LogP contribution in [0, 0.1) is 0 Å². The fourth-order valence-corrected chi connectivity index (χ4v) is 4.77. The van der Waals surface area contributed by atoms with Gasteiger partial charge in [0.1, 0.15) is 0 Å². The van der Waals surface area contributed by atoms with E-state index < -0.39 is 0 Å². The second kappa shape index (κ2) is 8.25. The van der Waals surface area contributed by atoms with Crippen LogP contribution < -0.4 is 4.80 Å². The molecule has 0 N–H and O–H groups in total. The van der Waals surface area contributed by atoms with E-state index >= 15 is 0 Å². The molecule has 4 aromatic rings. The van der Waals surface area contributed by atoms with Gasteiger partial charge in [-0.05, 0) is 47.9 Å². The summed E-state index contributed by atoms with van der Waals surface area (Å²) in [6, 6.07) is 23.9. The molecule has 0 atom stereocenters. The number of nitrogens with zero attached hydrogens (tertiary/aromatic N) is 2. The molecule has 0 radical (unpaired) electrons. The summed E-state index contributed by atoms with van der Waals surface area (Å²) in [6.45, 7) is 2.96. The smallest absolute Gasteiger partial charge is 0.279 e. The van der Waals surface area contributed by atoms with Gasteiger partial charge in [-0.25, -0.2) is 0 Å². The van der Waals surface area contributed by atoms with Crippen molar-refractivity contribution in [2.75, 3.05) is 0 Å². The van der Waals surface area contributed by atoms with E-state index in [0.29, 0.717) is 5.56 Å². The summed E-state index contributed by atoms with van der Waals surface area (Å²) in [7, 11) is 0. The second-order valence-electron chi connectivity index (χ2n) is 6.51. The lowest BCUT2D eigenvalue weighted by atomic mass is 10.0. The summed E-state index contributed by atoms with van der Waals surface area (Å²) in [5.74, 6) is -0.213. The van der Waals surface area contributed by atoms with Crippen LogP contribution in [-0.2, 0) is 6.54 Å². The van der Waals surface area contributed by atoms with Crippen LogP contribution in [0.3, 0.4) is 0 Å². The van der Waals surface area contributed by atoms with E-state index in [4.69, 9.17) is 0 Å². The van der Waals surface area contributed by atoms with E-state index in [1.54, 1.807) is 11.3 Å². The molecule has 5 heteroatoms. The van der Waals surface area contributed by atoms with Gasteiger partial charge in [0.15, 0.2) is 4.80 Å². The number of hydrogen-bond acceptors (Lipinski definition) is 2. The van der Waals surface area contributed by atoms with Crippen molar-refractivity contribution in [2.45, 2.75) is 19.9 Å². The minimum atomic E-state index is -0.213. The molecular weight excluding hydrogens is 432 g/mol. The van der Waals surface area contributed by atoms with Gasteiger partial charge in [0.2, 0.25) is 0 Å². The highest BCUT2D eigenvalue weighted by atomic mass is 79.9. The molecule has 0 aliphatic rings. The van der Waals surface area contributed by atoms with Crippen LogP contribution in [0.4, 0.5) is 0 Å². The zero-order valence-corrected chi connectivity index (χ0v) is 17.8. The first-order valence-electron chi connectivity index (χ1n) is 9.19. The van der Waals surface area contributed by atoms with Crippen LogP contribution in [-0.4, -0.2) is 10.5 Å². The van der Waals surface area contributed by atoms with Crippen LogP contribution in [0.5, 0.6) is 0 Å². The van der Waals surface area contributed by atoms with Crippen molar-refractivity contribution in [1.29, 1.82) is 0 Å². The fraction of sp³-hybridized carbons (Fsp3) is 0.130. The number of rotatable bonds is 4. The highest BCUT2D eigenvalue weighted by molar-refractivity contribution is 9.10. The lowest BCUT2D eigenvalue weighted by molar-refractivity contribution is 0.0998. The first-order valence-corrected chi connectivity index (χ1v) is 10.8. The van der Waals surface area contributed by atoms with Gasteiger partial charge in [0, 0.05) is 16.6 Å². The first kappa shape index (κ1) is 18.8. The summed E-state index contributed by atoms with van der Waals surface area (Å²) in [6.07, 6.45) is 0.981. The molecule has 140 valence electrons. The largest absolute Gasteiger partial charge is 0.316 e. The van der Waals surface area contributed by atoms with Crippen LogP contribution >= 0.6 is 27.3 Å². The zero-order valence-electron chi connectivity index (χ0n) is 15.4. The summed E-state index contributed by atoms with van der Waals surface area (Å²) in [5, 5.41) is 0. The van der Waals surface area contributed by atoms with Gasteiger partial charge in [-0.1, -0.05) is 76.7 Å². The standard InChI is InChI=1S/C23H19BrN2OS/c1-2-14-26-20-13-12-19(24)15-21(20)28-23(26)25-22(27)18-10-8-17(9-11-18)16-6-4-3-5-7-16/h3-13,15H,2,14H2,1H3. The number of amides is 1. The summed E-state index contributed by atoms with van der Waals surface area (Å²) >= 11 is 5.07. The average molecular weight is 451 g/mol. The molecule has 0 bridgehead atoms. The molecular formula is C23H19BrN2OS. The Labute approximate surface area is 176 Å². The molecule has 0 spiro atoms. The maximum absolute atomic E-state index is 12.8. The predicted octanol–water partition coefficient (Wildman–Crippen LogP) is 6.28. The topological polar surface area (TPSA) is 34.4 Å². The lowest BCUT2D eigenvalue weighted by Crippen LogP contribution is -2.16. The normalized spacial score (nSPS) is 11.9. The molecule has 1 heterocycles. The predicted molar refractivity (Wildman–Crippen MR) is 120 cm³/mol. The highest BCUT2D eigenvalue weighted by Crippen LogP contribution is 2.23. The Morgan fingerprint density at radius 1 is 1.00 bits per heavy atom. The monoisotopic (exact) mass is 450 g/mol. The number of aryl methyl sites for hydroxylation is 1. The maximum Gasteiger partial charge on any atom is 0.279 e. The number of aromatic nitrogens is 1. The van der Waals surface area contributed by atoms with E-state index in [1.165, 1.54) is 0 Å². The molecule has 0 saturated heterocycles. The minimum Gasteiger partial charge on any atom is -0.316 e. The molecule has 3 aromatic carbocycles. The minimum absolute atomic E-state index is 0.213. The van der Waals surface area contributed by atoms with Crippen molar-refractivity contribution >= 4 is 43.4 Å². The number of benzene rings is 3. The third-order valence-corrected chi connectivity index (χ3v) is 6.06. The van der Waals surface area contributed by atoms with Gasteiger partial charge in [0.05, 0.1) is 10.2 Å². The number of halogens is 1. The summed E-state index contributed by atoms with van der Waals surface area (Å²) in [4.78, 5) is 18.0. The number of carbonyl (C=O) groups is 1. The Balaban J connectivity index is 1.70. The zero-order chi connectivity index (χ0) is 19.5. The molecule has 0 saturated carbocycles. The molecule has 0 unspecified atom stereocenters. The van der Waals surface area contributed by atoms with Crippen molar-refractivity contribution < 1.29 is 4.79 Å². The first-order chi connectivity index (χ1) is 13.7. The molecule has 28 heavy (non-hydrogen) atoms. The summed E-state index contributed by atoms with van der Waals surface area (Å²) in [5.41, 5.74) is 3.93. The van der Waals surface area contributed by atoms with Gasteiger partial charge in [-0.15, -0.1) is 0 Å². The molecule has 0 aliphatic heterocycles. The average Bonchev–Trinajstić information content (AvgIpc) is 3.05. The third-order valence-electron chi connectivity index (χ3n) is 4.53.